The summed E-state index contributed by atoms with van der Waals surface area (Å²) >= 11 is 0. The van der Waals surface area contributed by atoms with Crippen molar-refractivity contribution in [3.8, 4) is 0 Å². The number of oxime groups is 1. The zero-order valence-corrected chi connectivity index (χ0v) is 12.7. The summed E-state index contributed by atoms with van der Waals surface area (Å²) in [6, 6.07) is 0. The second-order valence-corrected chi connectivity index (χ2v) is 5.79. The molecule has 4 heteroatoms. The van der Waals surface area contributed by atoms with Gasteiger partial charge in [0.1, 0.15) is 0 Å². The summed E-state index contributed by atoms with van der Waals surface area (Å²) in [5.74, 6) is 0.0563. The average Bonchev–Trinajstić information content (AvgIpc) is 2.73. The highest BCUT2D eigenvalue weighted by Crippen LogP contribution is 2.34. The third-order valence-electron chi connectivity index (χ3n) is 4.15. The smallest absolute Gasteiger partial charge is 0.0721 e. The van der Waals surface area contributed by atoms with Crippen LogP contribution in [0.5, 0.6) is 0 Å². The molecule has 20 heavy (non-hydrogen) atoms. The van der Waals surface area contributed by atoms with Gasteiger partial charge in [0.25, 0.3) is 0 Å². The summed E-state index contributed by atoms with van der Waals surface area (Å²) in [4.78, 5) is 0. The summed E-state index contributed by atoms with van der Waals surface area (Å²) in [6.45, 7) is 4.22. The number of rotatable bonds is 8. The first-order valence-electron chi connectivity index (χ1n) is 7.89. The molecule has 0 aliphatic heterocycles. The highest BCUT2D eigenvalue weighted by Gasteiger charge is 2.38. The molecule has 0 heterocycles. The van der Waals surface area contributed by atoms with Gasteiger partial charge in [-0.1, -0.05) is 56.8 Å². The number of hydrogen-bond acceptors (Lipinski definition) is 4. The molecule has 0 aromatic rings. The molecule has 3 N–H and O–H groups in total. The van der Waals surface area contributed by atoms with E-state index in [0.717, 1.165) is 38.5 Å². The van der Waals surface area contributed by atoms with Gasteiger partial charge in [0.05, 0.1) is 17.9 Å². The molecule has 1 saturated carbocycles. The number of aliphatic hydroxyl groups is 2. The van der Waals surface area contributed by atoms with E-state index < -0.39 is 12.2 Å². The Labute approximate surface area is 122 Å². The van der Waals surface area contributed by atoms with Crippen LogP contribution in [0.25, 0.3) is 0 Å². The minimum Gasteiger partial charge on any atom is -0.411 e. The van der Waals surface area contributed by atoms with Crippen LogP contribution >= 0.6 is 0 Å². The van der Waals surface area contributed by atoms with Crippen molar-refractivity contribution in [1.29, 1.82) is 0 Å². The van der Waals surface area contributed by atoms with Crippen LogP contribution in [0.3, 0.4) is 0 Å². The van der Waals surface area contributed by atoms with Crippen LogP contribution in [0, 0.1) is 11.8 Å². The van der Waals surface area contributed by atoms with Crippen molar-refractivity contribution in [2.24, 2.45) is 17.0 Å². The lowest BCUT2D eigenvalue weighted by molar-refractivity contribution is 0.118. The maximum atomic E-state index is 10.0. The predicted octanol–water partition coefficient (Wildman–Crippen LogP) is 3.11. The van der Waals surface area contributed by atoms with Gasteiger partial charge in [-0.15, -0.1) is 0 Å². The third kappa shape index (κ3) is 4.91. The molecular weight excluding hydrogens is 254 g/mol. The Morgan fingerprint density at radius 1 is 1.30 bits per heavy atom. The van der Waals surface area contributed by atoms with Crippen LogP contribution in [0.4, 0.5) is 0 Å². The largest absolute Gasteiger partial charge is 0.411 e. The average molecular weight is 283 g/mol. The fraction of sp³-hybridized carbons (Fsp3) is 0.812. The fourth-order valence-electron chi connectivity index (χ4n) is 3.00. The van der Waals surface area contributed by atoms with Crippen LogP contribution in [0.15, 0.2) is 17.3 Å². The Bertz CT molecular complexity index is 328. The van der Waals surface area contributed by atoms with Gasteiger partial charge < -0.3 is 15.4 Å². The Morgan fingerprint density at radius 2 is 2.05 bits per heavy atom. The van der Waals surface area contributed by atoms with Crippen molar-refractivity contribution in [3.63, 3.8) is 0 Å². The molecule has 1 aliphatic carbocycles. The summed E-state index contributed by atoms with van der Waals surface area (Å²) in [6.07, 6.45) is 9.23. The standard InChI is InChI=1S/C16H29NO3/c1-3-5-6-8-12(18)9-10-13-14(7-4-2)16(19)11-15(13)17-20/h9-10,12-14,16,18-20H,3-8,11H2,1-2H3/b10-9+,17-15-/t12?,13-,14-,16+/m1/s1. The monoisotopic (exact) mass is 283 g/mol. The zero-order valence-electron chi connectivity index (χ0n) is 12.7. The summed E-state index contributed by atoms with van der Waals surface area (Å²) < 4.78 is 0. The summed E-state index contributed by atoms with van der Waals surface area (Å²) in [5, 5.41) is 32.4. The molecule has 4 atom stereocenters. The number of allylic oxidation sites excluding steroid dienone is 1. The maximum Gasteiger partial charge on any atom is 0.0721 e. The lowest BCUT2D eigenvalue weighted by Crippen LogP contribution is -2.19. The van der Waals surface area contributed by atoms with Crippen molar-refractivity contribution in [2.45, 2.75) is 71.0 Å². The molecule has 1 fully saturated rings. The van der Waals surface area contributed by atoms with Gasteiger partial charge in [0, 0.05) is 12.3 Å². The molecule has 0 spiro atoms. The Hall–Kier alpha value is -0.870. The SMILES string of the molecule is CCCCCC(O)/C=C/[C@H]1/C(=N\O)C[C@H](O)[C@@H]1CCC. The first-order chi connectivity index (χ1) is 9.63. The second kappa shape index (κ2) is 9.14. The first-order valence-corrected chi connectivity index (χ1v) is 7.89. The van der Waals surface area contributed by atoms with Crippen molar-refractivity contribution in [2.75, 3.05) is 0 Å². The third-order valence-corrected chi connectivity index (χ3v) is 4.15. The Morgan fingerprint density at radius 3 is 2.65 bits per heavy atom. The van der Waals surface area contributed by atoms with E-state index in [1.165, 1.54) is 0 Å². The van der Waals surface area contributed by atoms with E-state index in [2.05, 4.69) is 19.0 Å². The van der Waals surface area contributed by atoms with Crippen LogP contribution in [0.1, 0.15) is 58.8 Å². The number of nitrogens with zero attached hydrogens (tertiary/aromatic N) is 1. The molecule has 0 aromatic carbocycles. The van der Waals surface area contributed by atoms with Crippen molar-refractivity contribution in [1.82, 2.24) is 0 Å². The molecule has 1 rings (SSSR count). The van der Waals surface area contributed by atoms with E-state index in [1.807, 2.05) is 6.08 Å². The van der Waals surface area contributed by atoms with E-state index in [-0.39, 0.29) is 11.8 Å². The minimum absolute atomic E-state index is 0.0456. The number of hydrogen-bond donors (Lipinski definition) is 3. The Kier molecular flexibility index (Phi) is 7.85. The topological polar surface area (TPSA) is 73.1 Å². The van der Waals surface area contributed by atoms with Crippen LogP contribution < -0.4 is 0 Å². The van der Waals surface area contributed by atoms with E-state index >= 15 is 0 Å². The van der Waals surface area contributed by atoms with Gasteiger partial charge in [-0.05, 0) is 18.8 Å². The molecular formula is C16H29NO3. The van der Waals surface area contributed by atoms with Gasteiger partial charge in [0.2, 0.25) is 0 Å². The van der Waals surface area contributed by atoms with Crippen LogP contribution in [0.2, 0.25) is 0 Å². The van der Waals surface area contributed by atoms with Crippen LogP contribution in [-0.4, -0.2) is 33.3 Å². The number of aliphatic hydroxyl groups excluding tert-OH is 2. The van der Waals surface area contributed by atoms with Crippen molar-refractivity contribution in [3.05, 3.63) is 12.2 Å². The Balaban J connectivity index is 2.60. The van der Waals surface area contributed by atoms with E-state index in [1.54, 1.807) is 6.08 Å². The quantitative estimate of drug-likeness (QED) is 0.277. The van der Waals surface area contributed by atoms with E-state index in [9.17, 15) is 10.2 Å². The highest BCUT2D eigenvalue weighted by atomic mass is 16.4. The maximum absolute atomic E-state index is 10.0. The minimum atomic E-state index is -0.443. The highest BCUT2D eigenvalue weighted by molar-refractivity contribution is 5.90. The molecule has 4 nitrogen and oxygen atoms in total. The number of unbranched alkanes of at least 4 members (excludes halogenated alkanes) is 2. The molecule has 1 aliphatic rings. The van der Waals surface area contributed by atoms with Gasteiger partial charge >= 0.3 is 0 Å². The van der Waals surface area contributed by atoms with Crippen LogP contribution in [-0.2, 0) is 0 Å². The molecule has 0 bridgehead atoms. The molecule has 1 unspecified atom stereocenters. The van der Waals surface area contributed by atoms with Crippen molar-refractivity contribution >= 4 is 5.71 Å². The lowest BCUT2D eigenvalue weighted by atomic mass is 9.89. The lowest BCUT2D eigenvalue weighted by Gasteiger charge is -2.18. The zero-order chi connectivity index (χ0) is 15.0. The van der Waals surface area contributed by atoms with Gasteiger partial charge in [0.15, 0.2) is 0 Å². The fourth-order valence-corrected chi connectivity index (χ4v) is 3.00. The molecule has 0 saturated heterocycles. The first kappa shape index (κ1) is 17.2. The van der Waals surface area contributed by atoms with Crippen molar-refractivity contribution < 1.29 is 15.4 Å². The van der Waals surface area contributed by atoms with E-state index in [4.69, 9.17) is 5.21 Å². The molecule has 0 amide bonds. The van der Waals surface area contributed by atoms with Gasteiger partial charge in [-0.25, -0.2) is 0 Å². The predicted molar refractivity (Wildman–Crippen MR) is 81.0 cm³/mol. The summed E-state index contributed by atoms with van der Waals surface area (Å²) in [7, 11) is 0. The molecule has 0 aromatic heterocycles. The normalized spacial score (nSPS) is 30.4. The molecule has 0 radical (unpaired) electrons. The van der Waals surface area contributed by atoms with E-state index in [0.29, 0.717) is 12.1 Å². The molecule has 116 valence electrons. The summed E-state index contributed by atoms with van der Waals surface area (Å²) in [5.41, 5.74) is 0.632. The second-order valence-electron chi connectivity index (χ2n) is 5.79. The van der Waals surface area contributed by atoms with Gasteiger partial charge in [-0.3, -0.25) is 0 Å². The van der Waals surface area contributed by atoms with Gasteiger partial charge in [-0.2, -0.15) is 0 Å².